The summed E-state index contributed by atoms with van der Waals surface area (Å²) in [5, 5.41) is 8.22. The molecule has 3 nitrogen and oxygen atoms in total. The van der Waals surface area contributed by atoms with Crippen molar-refractivity contribution in [2.24, 2.45) is 0 Å². The highest BCUT2D eigenvalue weighted by Gasteiger charge is 1.98. The van der Waals surface area contributed by atoms with E-state index in [1.54, 1.807) is 5.48 Å². The highest BCUT2D eigenvalue weighted by molar-refractivity contribution is 7.99. The van der Waals surface area contributed by atoms with Gasteiger partial charge in [0, 0.05) is 5.75 Å². The second-order valence-corrected chi connectivity index (χ2v) is 3.50. The molecule has 0 saturated carbocycles. The molecule has 70 valence electrons. The van der Waals surface area contributed by atoms with Crippen molar-refractivity contribution in [3.05, 3.63) is 35.9 Å². The fraction of sp³-hybridized carbons (Fsp3) is 0.222. The zero-order valence-corrected chi connectivity index (χ0v) is 7.88. The molecule has 1 rings (SSSR count). The molecule has 0 aliphatic rings. The molecule has 0 aliphatic heterocycles. The van der Waals surface area contributed by atoms with Crippen molar-refractivity contribution < 1.29 is 10.0 Å². The number of thioether (sulfide) groups is 1. The van der Waals surface area contributed by atoms with Crippen LogP contribution in [0.5, 0.6) is 0 Å². The highest BCUT2D eigenvalue weighted by Crippen LogP contribution is 2.10. The molecule has 0 atom stereocenters. The predicted octanol–water partition coefficient (Wildman–Crippen LogP) is 1.43. The largest absolute Gasteiger partial charge is 0.289 e. The van der Waals surface area contributed by atoms with E-state index in [1.807, 2.05) is 30.3 Å². The minimum Gasteiger partial charge on any atom is -0.289 e. The van der Waals surface area contributed by atoms with Gasteiger partial charge in [-0.3, -0.25) is 10.0 Å². The molecule has 2 N–H and O–H groups in total. The Morgan fingerprint density at radius 1 is 1.38 bits per heavy atom. The first-order chi connectivity index (χ1) is 6.33. The summed E-state index contributed by atoms with van der Waals surface area (Å²) in [5.74, 6) is 0.709. The van der Waals surface area contributed by atoms with Gasteiger partial charge < -0.3 is 0 Å². The zero-order valence-electron chi connectivity index (χ0n) is 7.06. The number of amides is 1. The molecule has 0 aliphatic carbocycles. The molecule has 0 spiro atoms. The van der Waals surface area contributed by atoms with E-state index in [0.29, 0.717) is 0 Å². The SMILES string of the molecule is O=C(CSCc1ccccc1)NO. The third-order valence-electron chi connectivity index (χ3n) is 1.47. The van der Waals surface area contributed by atoms with Crippen LogP contribution < -0.4 is 5.48 Å². The van der Waals surface area contributed by atoms with E-state index in [9.17, 15) is 4.79 Å². The Hall–Kier alpha value is -1.00. The maximum Gasteiger partial charge on any atom is 0.253 e. The molecule has 0 saturated heterocycles. The van der Waals surface area contributed by atoms with Gasteiger partial charge in [-0.05, 0) is 5.56 Å². The molecule has 0 bridgehead atoms. The number of carbonyl (C=O) groups excluding carboxylic acids is 1. The Labute approximate surface area is 81.1 Å². The van der Waals surface area contributed by atoms with E-state index in [-0.39, 0.29) is 11.7 Å². The van der Waals surface area contributed by atoms with E-state index in [2.05, 4.69) is 0 Å². The van der Waals surface area contributed by atoms with Gasteiger partial charge in [-0.1, -0.05) is 30.3 Å². The molecule has 0 aromatic heterocycles. The van der Waals surface area contributed by atoms with Crippen molar-refractivity contribution in [1.82, 2.24) is 5.48 Å². The number of hydrogen-bond acceptors (Lipinski definition) is 3. The Morgan fingerprint density at radius 2 is 2.08 bits per heavy atom. The van der Waals surface area contributed by atoms with Crippen LogP contribution in [0.4, 0.5) is 0 Å². The Balaban J connectivity index is 2.24. The third-order valence-corrected chi connectivity index (χ3v) is 2.47. The lowest BCUT2D eigenvalue weighted by molar-refractivity contribution is -0.126. The molecule has 1 amide bonds. The predicted molar refractivity (Wildman–Crippen MR) is 52.5 cm³/mol. The van der Waals surface area contributed by atoms with Crippen molar-refractivity contribution in [3.8, 4) is 0 Å². The van der Waals surface area contributed by atoms with Gasteiger partial charge in [-0.15, -0.1) is 11.8 Å². The van der Waals surface area contributed by atoms with Crippen LogP contribution in [0.3, 0.4) is 0 Å². The Kier molecular flexibility index (Phi) is 4.35. The molecule has 1 aromatic carbocycles. The number of hydroxylamine groups is 1. The van der Waals surface area contributed by atoms with Crippen molar-refractivity contribution in [3.63, 3.8) is 0 Å². The summed E-state index contributed by atoms with van der Waals surface area (Å²) in [4.78, 5) is 10.6. The first-order valence-electron chi connectivity index (χ1n) is 3.87. The van der Waals surface area contributed by atoms with Crippen LogP contribution in [0.2, 0.25) is 0 Å². The fourth-order valence-electron chi connectivity index (χ4n) is 0.868. The number of carbonyl (C=O) groups is 1. The molecule has 0 unspecified atom stereocenters. The minimum atomic E-state index is -0.360. The van der Waals surface area contributed by atoms with Gasteiger partial charge in [0.05, 0.1) is 5.75 Å². The summed E-state index contributed by atoms with van der Waals surface area (Å²) in [6.45, 7) is 0. The minimum absolute atomic E-state index is 0.283. The van der Waals surface area contributed by atoms with E-state index in [1.165, 1.54) is 17.3 Å². The normalized spacial score (nSPS) is 9.62. The lowest BCUT2D eigenvalue weighted by Gasteiger charge is -1.99. The molecule has 1 aromatic rings. The topological polar surface area (TPSA) is 49.3 Å². The van der Waals surface area contributed by atoms with E-state index < -0.39 is 0 Å². The summed E-state index contributed by atoms with van der Waals surface area (Å²) in [6, 6.07) is 9.88. The van der Waals surface area contributed by atoms with Crippen molar-refractivity contribution in [1.29, 1.82) is 0 Å². The first-order valence-corrected chi connectivity index (χ1v) is 5.03. The van der Waals surface area contributed by atoms with Gasteiger partial charge in [0.1, 0.15) is 0 Å². The van der Waals surface area contributed by atoms with Crippen molar-refractivity contribution in [2.75, 3.05) is 5.75 Å². The van der Waals surface area contributed by atoms with Gasteiger partial charge in [0.15, 0.2) is 0 Å². The molecular weight excluding hydrogens is 186 g/mol. The number of hydrogen-bond donors (Lipinski definition) is 2. The Morgan fingerprint density at radius 3 is 2.69 bits per heavy atom. The van der Waals surface area contributed by atoms with Crippen LogP contribution >= 0.6 is 11.8 Å². The van der Waals surface area contributed by atoms with Crippen molar-refractivity contribution >= 4 is 17.7 Å². The highest BCUT2D eigenvalue weighted by atomic mass is 32.2. The van der Waals surface area contributed by atoms with E-state index >= 15 is 0 Å². The number of benzene rings is 1. The molecule has 4 heteroatoms. The fourth-order valence-corrected chi connectivity index (χ4v) is 1.65. The van der Waals surface area contributed by atoms with E-state index in [4.69, 9.17) is 5.21 Å². The van der Waals surface area contributed by atoms with Gasteiger partial charge in [0.2, 0.25) is 0 Å². The van der Waals surface area contributed by atoms with E-state index in [0.717, 1.165) is 5.75 Å². The van der Waals surface area contributed by atoms with Gasteiger partial charge >= 0.3 is 0 Å². The number of nitrogens with one attached hydrogen (secondary N) is 1. The summed E-state index contributed by atoms with van der Waals surface area (Å²) in [6.07, 6.45) is 0. The van der Waals surface area contributed by atoms with Crippen LogP contribution in [-0.4, -0.2) is 16.9 Å². The van der Waals surface area contributed by atoms with Gasteiger partial charge in [0.25, 0.3) is 5.91 Å². The van der Waals surface area contributed by atoms with Gasteiger partial charge in [-0.25, -0.2) is 5.48 Å². The molecule has 0 fully saturated rings. The second-order valence-electron chi connectivity index (χ2n) is 2.51. The second kappa shape index (κ2) is 5.61. The standard InChI is InChI=1S/C9H11NO2S/c11-9(10-12)7-13-6-8-4-2-1-3-5-8/h1-5,12H,6-7H2,(H,10,11). The monoisotopic (exact) mass is 197 g/mol. The van der Waals surface area contributed by atoms with Crippen LogP contribution in [-0.2, 0) is 10.5 Å². The molecule has 0 heterocycles. The first kappa shape index (κ1) is 10.1. The summed E-state index contributed by atoms with van der Waals surface area (Å²) in [7, 11) is 0. The summed E-state index contributed by atoms with van der Waals surface area (Å²) >= 11 is 1.47. The Bertz CT molecular complexity index is 264. The zero-order chi connectivity index (χ0) is 9.52. The van der Waals surface area contributed by atoms with Gasteiger partial charge in [-0.2, -0.15) is 0 Å². The van der Waals surface area contributed by atoms with Crippen LogP contribution in [0.15, 0.2) is 30.3 Å². The average molecular weight is 197 g/mol. The maximum atomic E-state index is 10.6. The molecular formula is C9H11NO2S. The third kappa shape index (κ3) is 3.96. The maximum absolute atomic E-state index is 10.6. The van der Waals surface area contributed by atoms with Crippen LogP contribution in [0.1, 0.15) is 5.56 Å². The smallest absolute Gasteiger partial charge is 0.253 e. The van der Waals surface area contributed by atoms with Crippen LogP contribution in [0.25, 0.3) is 0 Å². The number of rotatable bonds is 4. The summed E-state index contributed by atoms with van der Waals surface area (Å²) < 4.78 is 0. The van der Waals surface area contributed by atoms with Crippen LogP contribution in [0, 0.1) is 0 Å². The summed E-state index contributed by atoms with van der Waals surface area (Å²) in [5.41, 5.74) is 2.77. The lowest BCUT2D eigenvalue weighted by Crippen LogP contribution is -2.20. The molecule has 13 heavy (non-hydrogen) atoms. The lowest BCUT2D eigenvalue weighted by atomic mass is 10.2. The quantitative estimate of drug-likeness (QED) is 0.567. The van der Waals surface area contributed by atoms with Crippen molar-refractivity contribution in [2.45, 2.75) is 5.75 Å². The molecule has 0 radical (unpaired) electrons. The average Bonchev–Trinajstić information content (AvgIpc) is 2.19.